The van der Waals surface area contributed by atoms with Gasteiger partial charge in [-0.05, 0) is 42.2 Å². The lowest BCUT2D eigenvalue weighted by Gasteiger charge is -2.29. The van der Waals surface area contributed by atoms with Crippen LogP contribution in [0.3, 0.4) is 0 Å². The van der Waals surface area contributed by atoms with Gasteiger partial charge in [0.25, 0.3) is 0 Å². The number of rotatable bonds is 4. The van der Waals surface area contributed by atoms with Crippen molar-refractivity contribution >= 4 is 45.6 Å². The molecule has 3 rings (SSSR count). The molecule has 0 spiro atoms. The summed E-state index contributed by atoms with van der Waals surface area (Å²) in [6.45, 7) is 0.675. The molecule has 126 valence electrons. The van der Waals surface area contributed by atoms with E-state index in [0.29, 0.717) is 16.6 Å². The third kappa shape index (κ3) is 4.00. The topological polar surface area (TPSA) is 37.4 Å². The SMILES string of the molecule is O=C(C[S@@](=O)Cc1ccc(Cl)cc1Cl)N1CCCc2ccccc21. The van der Waals surface area contributed by atoms with Gasteiger partial charge in [0.1, 0.15) is 5.75 Å². The number of benzene rings is 2. The van der Waals surface area contributed by atoms with Gasteiger partial charge in [0.15, 0.2) is 0 Å². The van der Waals surface area contributed by atoms with Crippen molar-refractivity contribution in [3.63, 3.8) is 0 Å². The molecule has 0 N–H and O–H groups in total. The molecule has 0 radical (unpaired) electrons. The molecule has 1 aliphatic rings. The van der Waals surface area contributed by atoms with Crippen LogP contribution in [0.1, 0.15) is 17.5 Å². The van der Waals surface area contributed by atoms with Gasteiger partial charge < -0.3 is 4.90 Å². The molecule has 0 bridgehead atoms. The first-order valence-corrected chi connectivity index (χ1v) is 9.96. The molecule has 0 unspecified atom stereocenters. The molecule has 0 saturated carbocycles. The number of nitrogens with zero attached hydrogens (tertiary/aromatic N) is 1. The minimum Gasteiger partial charge on any atom is -0.311 e. The van der Waals surface area contributed by atoms with Gasteiger partial charge in [-0.15, -0.1) is 0 Å². The monoisotopic (exact) mass is 381 g/mol. The van der Waals surface area contributed by atoms with E-state index >= 15 is 0 Å². The fourth-order valence-corrected chi connectivity index (χ4v) is 4.56. The molecule has 0 saturated heterocycles. The van der Waals surface area contributed by atoms with E-state index < -0.39 is 10.8 Å². The van der Waals surface area contributed by atoms with E-state index in [1.807, 2.05) is 24.3 Å². The van der Waals surface area contributed by atoms with Crippen LogP contribution in [0.15, 0.2) is 42.5 Å². The second kappa shape index (κ2) is 7.68. The smallest absolute Gasteiger partial charge is 0.239 e. The van der Waals surface area contributed by atoms with Crippen LogP contribution in [0.5, 0.6) is 0 Å². The number of amides is 1. The molecule has 24 heavy (non-hydrogen) atoms. The molecular weight excluding hydrogens is 365 g/mol. The summed E-state index contributed by atoms with van der Waals surface area (Å²) in [5, 5.41) is 1.02. The van der Waals surface area contributed by atoms with Crippen LogP contribution in [-0.4, -0.2) is 22.4 Å². The largest absolute Gasteiger partial charge is 0.311 e. The van der Waals surface area contributed by atoms with Crippen molar-refractivity contribution in [2.24, 2.45) is 0 Å². The highest BCUT2D eigenvalue weighted by Gasteiger charge is 2.23. The normalized spacial score (nSPS) is 15.0. The summed E-state index contributed by atoms with van der Waals surface area (Å²) in [6.07, 6.45) is 1.90. The van der Waals surface area contributed by atoms with Gasteiger partial charge in [-0.3, -0.25) is 9.00 Å². The van der Waals surface area contributed by atoms with Crippen molar-refractivity contribution < 1.29 is 9.00 Å². The van der Waals surface area contributed by atoms with Crippen molar-refractivity contribution in [1.29, 1.82) is 0 Å². The molecule has 2 aromatic carbocycles. The number of carbonyl (C=O) groups excluding carboxylic acids is 1. The van der Waals surface area contributed by atoms with Crippen molar-refractivity contribution in [3.05, 3.63) is 63.6 Å². The van der Waals surface area contributed by atoms with Crippen LogP contribution in [-0.2, 0) is 27.8 Å². The van der Waals surface area contributed by atoms with Crippen LogP contribution in [0, 0.1) is 0 Å². The molecule has 0 aliphatic carbocycles. The maximum atomic E-state index is 12.6. The maximum Gasteiger partial charge on any atom is 0.239 e. The van der Waals surface area contributed by atoms with Crippen LogP contribution < -0.4 is 4.90 Å². The Morgan fingerprint density at radius 3 is 2.75 bits per heavy atom. The molecule has 3 nitrogen and oxygen atoms in total. The Hall–Kier alpha value is -1.36. The standard InChI is InChI=1S/C18H17Cl2NO2S/c19-15-8-7-14(16(20)10-15)11-24(23)12-18(22)21-9-3-5-13-4-1-2-6-17(13)21/h1-2,4,6-8,10H,3,5,9,11-12H2/t24-/m0/s1. The van der Waals surface area contributed by atoms with Gasteiger partial charge >= 0.3 is 0 Å². The number of aryl methyl sites for hydroxylation is 1. The van der Waals surface area contributed by atoms with Gasteiger partial charge in [-0.2, -0.15) is 0 Å². The lowest BCUT2D eigenvalue weighted by molar-refractivity contribution is -0.116. The Morgan fingerprint density at radius 2 is 1.96 bits per heavy atom. The van der Waals surface area contributed by atoms with Crippen molar-refractivity contribution in [3.8, 4) is 0 Å². The number of para-hydroxylation sites is 1. The molecule has 1 atom stereocenters. The second-order valence-corrected chi connectivity index (χ2v) is 8.04. The van der Waals surface area contributed by atoms with Crippen LogP contribution in [0.2, 0.25) is 10.0 Å². The lowest BCUT2D eigenvalue weighted by atomic mass is 10.0. The minimum absolute atomic E-state index is 0.00666. The fourth-order valence-electron chi connectivity index (χ4n) is 2.87. The van der Waals surface area contributed by atoms with Crippen molar-refractivity contribution in [1.82, 2.24) is 0 Å². The fraction of sp³-hybridized carbons (Fsp3) is 0.278. The van der Waals surface area contributed by atoms with Crippen LogP contribution in [0.4, 0.5) is 5.69 Å². The highest BCUT2D eigenvalue weighted by Crippen LogP contribution is 2.27. The summed E-state index contributed by atoms with van der Waals surface area (Å²) in [5.41, 5.74) is 2.85. The third-order valence-electron chi connectivity index (χ3n) is 4.03. The summed E-state index contributed by atoms with van der Waals surface area (Å²) >= 11 is 12.0. The van der Waals surface area contributed by atoms with E-state index in [9.17, 15) is 9.00 Å². The minimum atomic E-state index is -1.32. The molecule has 6 heteroatoms. The van der Waals surface area contributed by atoms with E-state index in [0.717, 1.165) is 24.1 Å². The highest BCUT2D eigenvalue weighted by molar-refractivity contribution is 7.85. The average molecular weight is 382 g/mol. The predicted octanol–water partition coefficient (Wildman–Crippen LogP) is 4.22. The van der Waals surface area contributed by atoms with Crippen LogP contribution >= 0.6 is 23.2 Å². The molecule has 1 heterocycles. The van der Waals surface area contributed by atoms with E-state index in [1.54, 1.807) is 23.1 Å². The number of hydrogen-bond donors (Lipinski definition) is 0. The van der Waals surface area contributed by atoms with Crippen molar-refractivity contribution in [2.45, 2.75) is 18.6 Å². The Bertz CT molecular complexity index is 794. The zero-order valence-electron chi connectivity index (χ0n) is 13.0. The molecule has 2 aromatic rings. The molecule has 0 fully saturated rings. The Morgan fingerprint density at radius 1 is 1.17 bits per heavy atom. The molecule has 1 amide bonds. The summed E-state index contributed by atoms with van der Waals surface area (Å²) in [5.74, 6) is 0.135. The zero-order chi connectivity index (χ0) is 17.1. The lowest BCUT2D eigenvalue weighted by Crippen LogP contribution is -2.38. The second-order valence-electron chi connectivity index (χ2n) is 5.74. The Kier molecular flexibility index (Phi) is 5.59. The molecule has 0 aromatic heterocycles. The highest BCUT2D eigenvalue weighted by atomic mass is 35.5. The van der Waals surface area contributed by atoms with Gasteiger partial charge in [0.2, 0.25) is 5.91 Å². The zero-order valence-corrected chi connectivity index (χ0v) is 15.3. The van der Waals surface area contributed by atoms with Crippen molar-refractivity contribution in [2.75, 3.05) is 17.2 Å². The number of halogens is 2. The molecule has 1 aliphatic heterocycles. The van der Waals surface area contributed by atoms with E-state index in [4.69, 9.17) is 23.2 Å². The van der Waals surface area contributed by atoms with Gasteiger partial charge in [-0.1, -0.05) is 47.5 Å². The third-order valence-corrected chi connectivity index (χ3v) is 5.82. The number of carbonyl (C=O) groups is 1. The molecular formula is C18H17Cl2NO2S. The first-order chi connectivity index (χ1) is 11.5. The van der Waals surface area contributed by atoms with Gasteiger partial charge in [-0.25, -0.2) is 0 Å². The number of hydrogen-bond acceptors (Lipinski definition) is 2. The average Bonchev–Trinajstić information content (AvgIpc) is 2.57. The first-order valence-electron chi connectivity index (χ1n) is 7.72. The van der Waals surface area contributed by atoms with E-state index in [2.05, 4.69) is 0 Å². The maximum absolute atomic E-state index is 12.6. The van der Waals surface area contributed by atoms with E-state index in [1.165, 1.54) is 5.56 Å². The first kappa shape index (κ1) is 17.5. The summed E-state index contributed by atoms with van der Waals surface area (Å²) < 4.78 is 12.4. The predicted molar refractivity (Wildman–Crippen MR) is 100 cm³/mol. The van der Waals surface area contributed by atoms with E-state index in [-0.39, 0.29) is 17.4 Å². The van der Waals surface area contributed by atoms with Gasteiger partial charge in [0.05, 0.1) is 5.75 Å². The number of fused-ring (bicyclic) bond motifs is 1. The summed E-state index contributed by atoms with van der Waals surface area (Å²) in [6, 6.07) is 13.0. The summed E-state index contributed by atoms with van der Waals surface area (Å²) in [4.78, 5) is 14.3. The Labute approximate surface area is 154 Å². The summed E-state index contributed by atoms with van der Waals surface area (Å²) in [7, 11) is -1.32. The Balaban J connectivity index is 1.68. The number of anilines is 1. The van der Waals surface area contributed by atoms with Crippen LogP contribution in [0.25, 0.3) is 0 Å². The quantitative estimate of drug-likeness (QED) is 0.794. The van der Waals surface area contributed by atoms with Gasteiger partial charge in [0, 0.05) is 33.1 Å².